The smallest absolute Gasteiger partial charge is 0.222 e. The third-order valence-electron chi connectivity index (χ3n) is 3.16. The minimum atomic E-state index is -0.236. The highest BCUT2D eigenvalue weighted by molar-refractivity contribution is 5.75. The number of aromatic nitrogens is 1. The Hall–Kier alpha value is -1.84. The van der Waals surface area contributed by atoms with Crippen molar-refractivity contribution in [3.63, 3.8) is 0 Å². The molecule has 2 rings (SSSR count). The summed E-state index contributed by atoms with van der Waals surface area (Å²) in [6.07, 6.45) is 4.87. The normalized spacial score (nSPS) is 10.8. The fraction of sp³-hybridized carbons (Fsp3) is 0.357. The summed E-state index contributed by atoms with van der Waals surface area (Å²) in [6.45, 7) is 2.50. The molecule has 0 N–H and O–H groups in total. The number of fused-ring (bicyclic) bond motifs is 1. The Labute approximate surface area is 106 Å². The van der Waals surface area contributed by atoms with Gasteiger partial charge < -0.3 is 9.30 Å². The molecule has 2 heterocycles. The van der Waals surface area contributed by atoms with E-state index in [4.69, 9.17) is 0 Å². The van der Waals surface area contributed by atoms with E-state index in [9.17, 15) is 9.18 Å². The van der Waals surface area contributed by atoms with Crippen molar-refractivity contribution in [2.75, 3.05) is 13.6 Å². The standard InChI is InChI=1S/C14H17FN2O/c1-3-14(18)16(2)7-4-11-5-8-17-9-6-12(15)10-13(11)17/h5-6,8-10H,3-4,7H2,1-2H3. The zero-order chi connectivity index (χ0) is 13.1. The second kappa shape index (κ2) is 5.21. The van der Waals surface area contributed by atoms with E-state index in [0.29, 0.717) is 13.0 Å². The van der Waals surface area contributed by atoms with Crippen LogP contribution in [0.25, 0.3) is 5.52 Å². The summed E-state index contributed by atoms with van der Waals surface area (Å²) in [4.78, 5) is 13.2. The highest BCUT2D eigenvalue weighted by atomic mass is 19.1. The first kappa shape index (κ1) is 12.6. The predicted octanol–water partition coefficient (Wildman–Crippen LogP) is 2.49. The molecule has 0 saturated carbocycles. The van der Waals surface area contributed by atoms with Crippen molar-refractivity contribution in [1.29, 1.82) is 0 Å². The molecular formula is C14H17FN2O. The number of nitrogens with zero attached hydrogens (tertiary/aromatic N) is 2. The Bertz CT molecular complexity index is 562. The number of pyridine rings is 1. The van der Waals surface area contributed by atoms with Crippen LogP contribution in [0.3, 0.4) is 0 Å². The van der Waals surface area contributed by atoms with Gasteiger partial charge in [-0.05, 0) is 30.2 Å². The van der Waals surface area contributed by atoms with Gasteiger partial charge in [0.05, 0.1) is 5.52 Å². The lowest BCUT2D eigenvalue weighted by atomic mass is 10.2. The van der Waals surface area contributed by atoms with Crippen LogP contribution in [0.5, 0.6) is 0 Å². The summed E-state index contributed by atoms with van der Waals surface area (Å²) in [6, 6.07) is 4.93. The highest BCUT2D eigenvalue weighted by Crippen LogP contribution is 2.15. The number of hydrogen-bond donors (Lipinski definition) is 0. The van der Waals surface area contributed by atoms with Crippen molar-refractivity contribution >= 4 is 11.4 Å². The molecule has 0 saturated heterocycles. The Morgan fingerprint density at radius 3 is 2.83 bits per heavy atom. The summed E-state index contributed by atoms with van der Waals surface area (Å²) in [5.74, 6) is -0.106. The van der Waals surface area contributed by atoms with Crippen molar-refractivity contribution in [1.82, 2.24) is 9.30 Å². The molecule has 4 heteroatoms. The van der Waals surface area contributed by atoms with Crippen LogP contribution in [0.15, 0.2) is 30.6 Å². The molecule has 0 unspecified atom stereocenters. The van der Waals surface area contributed by atoms with Gasteiger partial charge in [0.25, 0.3) is 0 Å². The molecule has 0 aliphatic carbocycles. The number of likely N-dealkylation sites (N-methyl/N-ethyl adjacent to an activating group) is 1. The number of carbonyl (C=O) groups excluding carboxylic acids is 1. The van der Waals surface area contributed by atoms with Crippen LogP contribution >= 0.6 is 0 Å². The summed E-state index contributed by atoms with van der Waals surface area (Å²) in [5, 5.41) is 0. The molecule has 0 atom stereocenters. The van der Waals surface area contributed by atoms with Crippen molar-refractivity contribution in [2.24, 2.45) is 0 Å². The highest BCUT2D eigenvalue weighted by Gasteiger charge is 2.08. The Balaban J connectivity index is 2.12. The molecule has 0 fully saturated rings. The largest absolute Gasteiger partial charge is 0.345 e. The van der Waals surface area contributed by atoms with E-state index in [1.807, 2.05) is 23.6 Å². The first-order valence-corrected chi connectivity index (χ1v) is 6.11. The molecule has 18 heavy (non-hydrogen) atoms. The van der Waals surface area contributed by atoms with Gasteiger partial charge in [-0.25, -0.2) is 4.39 Å². The predicted molar refractivity (Wildman–Crippen MR) is 69.0 cm³/mol. The minimum Gasteiger partial charge on any atom is -0.345 e. The maximum Gasteiger partial charge on any atom is 0.222 e. The van der Waals surface area contributed by atoms with Gasteiger partial charge in [-0.3, -0.25) is 4.79 Å². The Kier molecular flexibility index (Phi) is 3.65. The molecule has 0 aromatic carbocycles. The van der Waals surface area contributed by atoms with Gasteiger partial charge in [0, 0.05) is 32.4 Å². The molecule has 3 nitrogen and oxygen atoms in total. The molecule has 0 bridgehead atoms. The van der Waals surface area contributed by atoms with Crippen LogP contribution in [-0.2, 0) is 11.2 Å². The van der Waals surface area contributed by atoms with Gasteiger partial charge >= 0.3 is 0 Å². The Morgan fingerprint density at radius 1 is 1.39 bits per heavy atom. The summed E-state index contributed by atoms with van der Waals surface area (Å²) in [7, 11) is 1.80. The molecule has 2 aromatic heterocycles. The van der Waals surface area contributed by atoms with Crippen molar-refractivity contribution in [3.05, 3.63) is 42.0 Å². The van der Waals surface area contributed by atoms with Gasteiger partial charge in [-0.1, -0.05) is 6.92 Å². The lowest BCUT2D eigenvalue weighted by molar-refractivity contribution is -0.129. The van der Waals surface area contributed by atoms with Gasteiger partial charge in [-0.15, -0.1) is 0 Å². The lowest BCUT2D eigenvalue weighted by Gasteiger charge is -2.15. The van der Waals surface area contributed by atoms with Crippen LogP contribution in [0, 0.1) is 5.82 Å². The van der Waals surface area contributed by atoms with Crippen LogP contribution < -0.4 is 0 Å². The van der Waals surface area contributed by atoms with E-state index in [1.54, 1.807) is 18.1 Å². The number of carbonyl (C=O) groups is 1. The number of rotatable bonds is 4. The van der Waals surface area contributed by atoms with E-state index in [0.717, 1.165) is 17.5 Å². The fourth-order valence-corrected chi connectivity index (χ4v) is 2.02. The minimum absolute atomic E-state index is 0.129. The average Bonchev–Trinajstić information content (AvgIpc) is 2.77. The van der Waals surface area contributed by atoms with Crippen LogP contribution in [-0.4, -0.2) is 28.8 Å². The molecule has 96 valence electrons. The zero-order valence-electron chi connectivity index (χ0n) is 10.7. The fourth-order valence-electron chi connectivity index (χ4n) is 2.02. The van der Waals surface area contributed by atoms with Crippen LogP contribution in [0.1, 0.15) is 18.9 Å². The first-order chi connectivity index (χ1) is 8.61. The maximum absolute atomic E-state index is 13.2. The van der Waals surface area contributed by atoms with Crippen molar-refractivity contribution < 1.29 is 9.18 Å². The quantitative estimate of drug-likeness (QED) is 0.816. The molecule has 1 amide bonds. The number of hydrogen-bond acceptors (Lipinski definition) is 1. The maximum atomic E-state index is 13.2. The van der Waals surface area contributed by atoms with E-state index in [2.05, 4.69) is 0 Å². The number of amides is 1. The van der Waals surface area contributed by atoms with Gasteiger partial charge in [-0.2, -0.15) is 0 Å². The summed E-state index contributed by atoms with van der Waals surface area (Å²) in [5.41, 5.74) is 1.93. The molecule has 0 spiro atoms. The first-order valence-electron chi connectivity index (χ1n) is 6.11. The van der Waals surface area contributed by atoms with E-state index < -0.39 is 0 Å². The van der Waals surface area contributed by atoms with E-state index in [1.165, 1.54) is 12.1 Å². The van der Waals surface area contributed by atoms with Crippen LogP contribution in [0.4, 0.5) is 4.39 Å². The van der Waals surface area contributed by atoms with Crippen LogP contribution in [0.2, 0.25) is 0 Å². The molecule has 0 aliphatic heterocycles. The van der Waals surface area contributed by atoms with E-state index >= 15 is 0 Å². The lowest BCUT2D eigenvalue weighted by Crippen LogP contribution is -2.27. The monoisotopic (exact) mass is 248 g/mol. The second-order valence-corrected chi connectivity index (χ2v) is 4.40. The van der Waals surface area contributed by atoms with Crippen molar-refractivity contribution in [3.8, 4) is 0 Å². The molecule has 0 aliphatic rings. The van der Waals surface area contributed by atoms with Gasteiger partial charge in [0.1, 0.15) is 5.82 Å². The van der Waals surface area contributed by atoms with Gasteiger partial charge in [0.2, 0.25) is 5.91 Å². The zero-order valence-corrected chi connectivity index (χ0v) is 10.7. The SMILES string of the molecule is CCC(=O)N(C)CCc1ccn2ccc(F)cc12. The van der Waals surface area contributed by atoms with Crippen molar-refractivity contribution in [2.45, 2.75) is 19.8 Å². The van der Waals surface area contributed by atoms with Gasteiger partial charge in [0.15, 0.2) is 0 Å². The number of halogens is 1. The summed E-state index contributed by atoms with van der Waals surface area (Å²) >= 11 is 0. The topological polar surface area (TPSA) is 24.7 Å². The average molecular weight is 248 g/mol. The Morgan fingerprint density at radius 2 is 2.11 bits per heavy atom. The molecule has 0 radical (unpaired) electrons. The third kappa shape index (κ3) is 2.53. The third-order valence-corrected chi connectivity index (χ3v) is 3.16. The molecular weight excluding hydrogens is 231 g/mol. The summed E-state index contributed by atoms with van der Waals surface area (Å²) < 4.78 is 15.1. The molecule has 2 aromatic rings. The van der Waals surface area contributed by atoms with E-state index in [-0.39, 0.29) is 11.7 Å². The second-order valence-electron chi connectivity index (χ2n) is 4.40.